The van der Waals surface area contributed by atoms with Crippen molar-refractivity contribution in [3.05, 3.63) is 94.3 Å². The van der Waals surface area contributed by atoms with Crippen LogP contribution >= 0.6 is 0 Å². The van der Waals surface area contributed by atoms with Crippen molar-refractivity contribution in [2.75, 3.05) is 17.7 Å². The number of para-hydroxylation sites is 1. The van der Waals surface area contributed by atoms with Gasteiger partial charge in [-0.1, -0.05) is 30.3 Å². The second-order valence-electron chi connectivity index (χ2n) is 10.2. The molecule has 0 atom stereocenters. The van der Waals surface area contributed by atoms with Gasteiger partial charge >= 0.3 is 0 Å². The van der Waals surface area contributed by atoms with E-state index >= 15 is 0 Å². The lowest BCUT2D eigenvalue weighted by molar-refractivity contribution is 0.0726. The average Bonchev–Trinajstić information content (AvgIpc) is 3.48. The number of hydrogen-bond acceptors (Lipinski definition) is 7. The quantitative estimate of drug-likeness (QED) is 0.313. The molecule has 4 N–H and O–H groups in total. The van der Waals surface area contributed by atoms with E-state index in [2.05, 4.69) is 15.4 Å². The van der Waals surface area contributed by atoms with Crippen molar-refractivity contribution in [1.82, 2.24) is 24.0 Å². The van der Waals surface area contributed by atoms with Gasteiger partial charge in [0.2, 0.25) is 0 Å². The SMILES string of the molecule is Nc1ncnn2c(C3CC(O)C3)cc(-c3ccc(NC(=O)c4c5n(n(-c6ccccc6)c4=O)CCOC5)cc3)c12. The van der Waals surface area contributed by atoms with Crippen LogP contribution in [0.2, 0.25) is 0 Å². The molecule has 0 saturated heterocycles. The molecule has 1 fully saturated rings. The van der Waals surface area contributed by atoms with Gasteiger partial charge in [-0.2, -0.15) is 5.10 Å². The molecule has 5 aromatic rings. The zero-order chi connectivity index (χ0) is 27.4. The van der Waals surface area contributed by atoms with Crippen molar-refractivity contribution in [3.8, 4) is 16.8 Å². The Morgan fingerprint density at radius 1 is 1.10 bits per heavy atom. The van der Waals surface area contributed by atoms with Gasteiger partial charge in [0.15, 0.2) is 5.82 Å². The Morgan fingerprint density at radius 2 is 1.88 bits per heavy atom. The molecule has 11 nitrogen and oxygen atoms in total. The number of nitrogens with zero attached hydrogens (tertiary/aromatic N) is 5. The molecule has 40 heavy (non-hydrogen) atoms. The Balaban J connectivity index is 1.20. The van der Waals surface area contributed by atoms with Gasteiger partial charge in [0.1, 0.15) is 17.4 Å². The van der Waals surface area contributed by atoms with Gasteiger partial charge in [0, 0.05) is 22.9 Å². The summed E-state index contributed by atoms with van der Waals surface area (Å²) in [7, 11) is 0. The molecule has 7 rings (SSSR count). The van der Waals surface area contributed by atoms with Crippen molar-refractivity contribution < 1.29 is 14.6 Å². The van der Waals surface area contributed by atoms with Crippen LogP contribution < -0.4 is 16.6 Å². The minimum absolute atomic E-state index is 0.0725. The lowest BCUT2D eigenvalue weighted by Gasteiger charge is -2.30. The second kappa shape index (κ2) is 9.47. The van der Waals surface area contributed by atoms with Crippen LogP contribution in [0.4, 0.5) is 11.5 Å². The van der Waals surface area contributed by atoms with Gasteiger partial charge in [-0.05, 0) is 48.7 Å². The minimum atomic E-state index is -0.487. The molecule has 1 aliphatic heterocycles. The summed E-state index contributed by atoms with van der Waals surface area (Å²) in [6.45, 7) is 1.12. The number of aliphatic hydroxyl groups excluding tert-OH is 1. The van der Waals surface area contributed by atoms with E-state index in [1.165, 1.54) is 6.33 Å². The summed E-state index contributed by atoms with van der Waals surface area (Å²) in [4.78, 5) is 31.1. The summed E-state index contributed by atoms with van der Waals surface area (Å²) in [5.74, 6) is 0.0738. The number of carbonyl (C=O) groups is 1. The van der Waals surface area contributed by atoms with E-state index < -0.39 is 5.91 Å². The normalized spacial score (nSPS) is 18.3. The van der Waals surface area contributed by atoms with Crippen molar-refractivity contribution in [1.29, 1.82) is 0 Å². The van der Waals surface area contributed by atoms with Crippen molar-refractivity contribution in [2.45, 2.75) is 38.0 Å². The van der Waals surface area contributed by atoms with E-state index in [-0.39, 0.29) is 29.8 Å². The van der Waals surface area contributed by atoms with Crippen LogP contribution in [0.5, 0.6) is 0 Å². The first kappa shape index (κ1) is 24.3. The summed E-state index contributed by atoms with van der Waals surface area (Å²) in [6, 6.07) is 18.7. The summed E-state index contributed by atoms with van der Waals surface area (Å²) < 4.78 is 10.8. The van der Waals surface area contributed by atoms with Gasteiger partial charge in [-0.25, -0.2) is 14.2 Å². The first-order valence-electron chi connectivity index (χ1n) is 13.2. The number of rotatable bonds is 5. The highest BCUT2D eigenvalue weighted by atomic mass is 16.5. The van der Waals surface area contributed by atoms with Gasteiger partial charge in [0.05, 0.1) is 37.2 Å². The number of nitrogen functional groups attached to an aromatic ring is 1. The summed E-state index contributed by atoms with van der Waals surface area (Å²) in [5, 5.41) is 17.1. The highest BCUT2D eigenvalue weighted by molar-refractivity contribution is 6.05. The molecular formula is C29H27N7O4. The van der Waals surface area contributed by atoms with Crippen molar-refractivity contribution in [3.63, 3.8) is 0 Å². The fourth-order valence-electron chi connectivity index (χ4n) is 5.70. The van der Waals surface area contributed by atoms with Gasteiger partial charge in [0.25, 0.3) is 11.5 Å². The van der Waals surface area contributed by atoms with E-state index in [4.69, 9.17) is 10.5 Å². The van der Waals surface area contributed by atoms with Crippen LogP contribution in [0.25, 0.3) is 22.3 Å². The topological polar surface area (TPSA) is 142 Å². The smallest absolute Gasteiger partial charge is 0.284 e. The third-order valence-electron chi connectivity index (χ3n) is 7.76. The number of aliphatic hydroxyl groups is 1. The third kappa shape index (κ3) is 3.90. The molecule has 0 unspecified atom stereocenters. The number of amides is 1. The van der Waals surface area contributed by atoms with Gasteiger partial charge in [-0.3, -0.25) is 14.3 Å². The van der Waals surface area contributed by atoms with E-state index in [0.717, 1.165) is 16.8 Å². The first-order valence-corrected chi connectivity index (χ1v) is 13.2. The number of nitrogens with one attached hydrogen (secondary N) is 1. The molecular weight excluding hydrogens is 510 g/mol. The Morgan fingerprint density at radius 3 is 2.62 bits per heavy atom. The Kier molecular flexibility index (Phi) is 5.76. The molecule has 0 radical (unpaired) electrons. The number of ether oxygens (including phenoxy) is 1. The molecule has 4 heterocycles. The van der Waals surface area contributed by atoms with E-state index in [9.17, 15) is 14.7 Å². The predicted molar refractivity (Wildman–Crippen MR) is 148 cm³/mol. The maximum absolute atomic E-state index is 13.5. The number of nitrogens with two attached hydrogens (primary N) is 1. The Hall–Kier alpha value is -4.74. The number of benzene rings is 2. The van der Waals surface area contributed by atoms with Crippen molar-refractivity contribution >= 4 is 22.9 Å². The van der Waals surface area contributed by atoms with Gasteiger partial charge < -0.3 is 20.9 Å². The number of aromatic nitrogens is 5. The highest BCUT2D eigenvalue weighted by Crippen LogP contribution is 2.41. The third-order valence-corrected chi connectivity index (χ3v) is 7.76. The molecule has 1 aliphatic carbocycles. The monoisotopic (exact) mass is 537 g/mol. The average molecular weight is 538 g/mol. The summed E-state index contributed by atoms with van der Waals surface area (Å²) in [5.41, 5.74) is 11.2. The van der Waals surface area contributed by atoms with Crippen LogP contribution in [-0.4, -0.2) is 47.7 Å². The number of hydrogen-bond donors (Lipinski definition) is 3. The number of anilines is 2. The Labute approximate surface area is 228 Å². The maximum atomic E-state index is 13.5. The van der Waals surface area contributed by atoms with E-state index in [1.54, 1.807) is 21.3 Å². The zero-order valence-electron chi connectivity index (χ0n) is 21.5. The molecule has 0 bridgehead atoms. The minimum Gasteiger partial charge on any atom is -0.393 e. The fraction of sp³-hybridized carbons (Fsp3) is 0.241. The lowest BCUT2D eigenvalue weighted by Crippen LogP contribution is -2.27. The lowest BCUT2D eigenvalue weighted by atomic mass is 9.80. The molecule has 1 saturated carbocycles. The zero-order valence-corrected chi connectivity index (χ0v) is 21.5. The summed E-state index contributed by atoms with van der Waals surface area (Å²) >= 11 is 0. The highest BCUT2D eigenvalue weighted by Gasteiger charge is 2.32. The molecule has 202 valence electrons. The summed E-state index contributed by atoms with van der Waals surface area (Å²) in [6.07, 6.45) is 2.50. The van der Waals surface area contributed by atoms with Gasteiger partial charge in [-0.15, -0.1) is 0 Å². The van der Waals surface area contributed by atoms with E-state index in [1.807, 2.05) is 53.2 Å². The van der Waals surface area contributed by atoms with Crippen LogP contribution in [0.15, 0.2) is 71.8 Å². The molecule has 2 aliphatic rings. The second-order valence-corrected chi connectivity index (χ2v) is 10.2. The van der Waals surface area contributed by atoms with Crippen molar-refractivity contribution in [2.24, 2.45) is 0 Å². The number of fused-ring (bicyclic) bond motifs is 2. The number of carbonyl (C=O) groups excluding carboxylic acids is 1. The molecule has 11 heteroatoms. The first-order chi connectivity index (χ1) is 19.5. The predicted octanol–water partition coefficient (Wildman–Crippen LogP) is 2.95. The van der Waals surface area contributed by atoms with Crippen LogP contribution in [0.1, 0.15) is 40.5 Å². The standard InChI is InChI=1S/C29H27N7O4/c30-27-26-22(14-23(18-12-21(37)13-18)35(26)32-16-31-27)17-6-8-19(9-7-17)33-28(38)25-24-15-40-11-10-34(24)36(29(25)39)20-4-2-1-3-5-20/h1-9,14,16,18,21,37H,10-13,15H2,(H,33,38)(H2,30,31,32). The maximum Gasteiger partial charge on any atom is 0.284 e. The van der Waals surface area contributed by atoms with Crippen LogP contribution in [-0.2, 0) is 17.9 Å². The molecule has 0 spiro atoms. The Bertz CT molecular complexity index is 1800. The largest absolute Gasteiger partial charge is 0.393 e. The molecule has 1 amide bonds. The van der Waals surface area contributed by atoms with Crippen LogP contribution in [0.3, 0.4) is 0 Å². The van der Waals surface area contributed by atoms with Crippen LogP contribution in [0, 0.1) is 0 Å². The molecule has 2 aromatic carbocycles. The fourth-order valence-corrected chi connectivity index (χ4v) is 5.70. The van der Waals surface area contributed by atoms with E-state index in [0.29, 0.717) is 54.4 Å². The molecule has 3 aromatic heterocycles.